The number of pyridine rings is 1. The summed E-state index contributed by atoms with van der Waals surface area (Å²) in [6.45, 7) is 4.81. The third kappa shape index (κ3) is 4.34. The molecule has 148 valence electrons. The lowest BCUT2D eigenvalue weighted by Crippen LogP contribution is -2.49. The summed E-state index contributed by atoms with van der Waals surface area (Å²) in [5.41, 5.74) is 3.64. The van der Waals surface area contributed by atoms with Crippen LogP contribution in [0.25, 0.3) is 0 Å². The van der Waals surface area contributed by atoms with E-state index in [1.54, 1.807) is 30.7 Å². The zero-order chi connectivity index (χ0) is 20.1. The highest BCUT2D eigenvalue weighted by molar-refractivity contribution is 5.92. The molecule has 1 N–H and O–H groups in total. The number of nitrogens with zero attached hydrogens (tertiary/aromatic N) is 5. The van der Waals surface area contributed by atoms with E-state index in [2.05, 4.69) is 38.2 Å². The van der Waals surface area contributed by atoms with Crippen LogP contribution in [0.4, 0.5) is 17.3 Å². The molecule has 0 unspecified atom stereocenters. The summed E-state index contributed by atoms with van der Waals surface area (Å²) in [4.78, 5) is 29.7. The van der Waals surface area contributed by atoms with Gasteiger partial charge < -0.3 is 15.1 Å². The number of hydrogen-bond acceptors (Lipinski definition) is 6. The van der Waals surface area contributed by atoms with Gasteiger partial charge in [0.25, 0.3) is 5.91 Å². The number of anilines is 3. The first-order chi connectivity index (χ1) is 14.2. The average Bonchev–Trinajstić information content (AvgIpc) is 2.80. The molecule has 29 heavy (non-hydrogen) atoms. The third-order valence-corrected chi connectivity index (χ3v) is 5.06. The molecule has 3 aromatic rings. The van der Waals surface area contributed by atoms with Gasteiger partial charge in [-0.2, -0.15) is 0 Å². The molecule has 1 amide bonds. The Hall–Kier alpha value is -3.48. The maximum atomic E-state index is 12.8. The van der Waals surface area contributed by atoms with Crippen molar-refractivity contribution >= 4 is 23.2 Å². The van der Waals surface area contributed by atoms with Crippen LogP contribution in [-0.4, -0.2) is 51.9 Å². The van der Waals surface area contributed by atoms with Crippen molar-refractivity contribution in [3.05, 3.63) is 72.3 Å². The summed E-state index contributed by atoms with van der Waals surface area (Å²) < 4.78 is 0. The molecular formula is C22H24N6O. The van der Waals surface area contributed by atoms with Gasteiger partial charge in [-0.3, -0.25) is 4.79 Å². The monoisotopic (exact) mass is 388 g/mol. The van der Waals surface area contributed by atoms with Crippen molar-refractivity contribution in [1.82, 2.24) is 19.9 Å². The van der Waals surface area contributed by atoms with Gasteiger partial charge in [-0.15, -0.1) is 0 Å². The van der Waals surface area contributed by atoms with Crippen LogP contribution in [0.3, 0.4) is 0 Å². The molecule has 0 atom stereocenters. The van der Waals surface area contributed by atoms with Crippen LogP contribution in [0, 0.1) is 0 Å². The minimum atomic E-state index is -0.0425. The lowest BCUT2D eigenvalue weighted by Gasteiger charge is -2.34. The van der Waals surface area contributed by atoms with Crippen LogP contribution in [0.1, 0.15) is 23.0 Å². The molecule has 1 aromatic carbocycles. The second-order valence-electron chi connectivity index (χ2n) is 6.90. The van der Waals surface area contributed by atoms with Gasteiger partial charge in [0.15, 0.2) is 0 Å². The Bertz CT molecular complexity index is 953. The molecular weight excluding hydrogens is 364 g/mol. The van der Waals surface area contributed by atoms with Gasteiger partial charge in [-0.25, -0.2) is 15.0 Å². The topological polar surface area (TPSA) is 74.2 Å². The predicted octanol–water partition coefficient (Wildman–Crippen LogP) is 3.14. The van der Waals surface area contributed by atoms with E-state index in [9.17, 15) is 4.79 Å². The Kier molecular flexibility index (Phi) is 5.65. The van der Waals surface area contributed by atoms with Crippen LogP contribution in [0.2, 0.25) is 0 Å². The summed E-state index contributed by atoms with van der Waals surface area (Å²) in [5, 5.41) is 3.39. The molecule has 1 aliphatic heterocycles. The van der Waals surface area contributed by atoms with Crippen LogP contribution in [0.15, 0.2) is 61.1 Å². The summed E-state index contributed by atoms with van der Waals surface area (Å²) >= 11 is 0. The number of aromatic nitrogens is 3. The van der Waals surface area contributed by atoms with Crippen molar-refractivity contribution in [1.29, 1.82) is 0 Å². The van der Waals surface area contributed by atoms with E-state index in [0.717, 1.165) is 17.8 Å². The van der Waals surface area contributed by atoms with E-state index >= 15 is 0 Å². The second kappa shape index (κ2) is 8.68. The number of carbonyl (C=O) groups excluding carboxylic acids is 1. The fourth-order valence-electron chi connectivity index (χ4n) is 3.43. The van der Waals surface area contributed by atoms with Crippen molar-refractivity contribution in [3.63, 3.8) is 0 Å². The molecule has 7 nitrogen and oxygen atoms in total. The molecule has 7 heteroatoms. The van der Waals surface area contributed by atoms with Crippen molar-refractivity contribution in [2.45, 2.75) is 13.3 Å². The summed E-state index contributed by atoms with van der Waals surface area (Å²) in [7, 11) is 0. The van der Waals surface area contributed by atoms with Crippen LogP contribution in [-0.2, 0) is 6.42 Å². The van der Waals surface area contributed by atoms with Gasteiger partial charge >= 0.3 is 0 Å². The average molecular weight is 388 g/mol. The van der Waals surface area contributed by atoms with Gasteiger partial charge in [0.05, 0.1) is 11.9 Å². The van der Waals surface area contributed by atoms with Crippen molar-refractivity contribution in [2.24, 2.45) is 0 Å². The Morgan fingerprint density at radius 2 is 1.72 bits per heavy atom. The number of amides is 1. The highest BCUT2D eigenvalue weighted by Gasteiger charge is 2.24. The van der Waals surface area contributed by atoms with E-state index in [0.29, 0.717) is 37.8 Å². The SMILES string of the molecule is CCc1ccccc1Nc1ccc(C(=O)N2CCN(c3ncccn3)CC2)nc1. The number of aryl methyl sites for hydroxylation is 1. The van der Waals surface area contributed by atoms with Crippen molar-refractivity contribution in [3.8, 4) is 0 Å². The fourth-order valence-corrected chi connectivity index (χ4v) is 3.43. The number of rotatable bonds is 5. The first-order valence-electron chi connectivity index (χ1n) is 9.87. The zero-order valence-corrected chi connectivity index (χ0v) is 16.5. The first kappa shape index (κ1) is 18.9. The largest absolute Gasteiger partial charge is 0.354 e. The van der Waals surface area contributed by atoms with Gasteiger partial charge in [-0.1, -0.05) is 25.1 Å². The van der Waals surface area contributed by atoms with Crippen molar-refractivity contribution < 1.29 is 4.79 Å². The van der Waals surface area contributed by atoms with Gasteiger partial charge in [0.1, 0.15) is 5.69 Å². The molecule has 0 spiro atoms. The molecule has 0 saturated carbocycles. The van der Waals surface area contributed by atoms with E-state index < -0.39 is 0 Å². The summed E-state index contributed by atoms with van der Waals surface area (Å²) in [6, 6.07) is 13.7. The number of carbonyl (C=O) groups is 1. The molecule has 1 fully saturated rings. The first-order valence-corrected chi connectivity index (χ1v) is 9.87. The second-order valence-corrected chi connectivity index (χ2v) is 6.90. The Balaban J connectivity index is 1.37. The third-order valence-electron chi connectivity index (χ3n) is 5.06. The molecule has 0 bridgehead atoms. The zero-order valence-electron chi connectivity index (χ0n) is 16.5. The molecule has 4 rings (SSSR count). The van der Waals surface area contributed by atoms with E-state index in [4.69, 9.17) is 0 Å². The Morgan fingerprint density at radius 3 is 2.41 bits per heavy atom. The standard InChI is InChI=1S/C22H24N6O/c1-2-17-6-3-4-7-19(17)26-18-8-9-20(25-16-18)21(29)27-12-14-28(15-13-27)22-23-10-5-11-24-22/h3-11,16,26H,2,12-15H2,1H3. The predicted molar refractivity (Wildman–Crippen MR) is 113 cm³/mol. The Morgan fingerprint density at radius 1 is 0.966 bits per heavy atom. The molecule has 1 aliphatic rings. The highest BCUT2D eigenvalue weighted by atomic mass is 16.2. The molecule has 3 heterocycles. The minimum absolute atomic E-state index is 0.0425. The van der Waals surface area contributed by atoms with Crippen LogP contribution >= 0.6 is 0 Å². The lowest BCUT2D eigenvalue weighted by molar-refractivity contribution is 0.0740. The van der Waals surface area contributed by atoms with E-state index in [-0.39, 0.29) is 5.91 Å². The van der Waals surface area contributed by atoms with Crippen molar-refractivity contribution in [2.75, 3.05) is 36.4 Å². The molecule has 2 aromatic heterocycles. The van der Waals surface area contributed by atoms with Crippen LogP contribution in [0.5, 0.6) is 0 Å². The molecule has 0 radical (unpaired) electrons. The number of benzene rings is 1. The van der Waals surface area contributed by atoms with Gasteiger partial charge in [0, 0.05) is 44.3 Å². The number of piperazine rings is 1. The summed E-state index contributed by atoms with van der Waals surface area (Å²) in [6.07, 6.45) is 6.14. The Labute approximate surface area is 170 Å². The normalized spacial score (nSPS) is 14.0. The number of para-hydroxylation sites is 1. The summed E-state index contributed by atoms with van der Waals surface area (Å²) in [5.74, 6) is 0.666. The molecule has 1 saturated heterocycles. The quantitative estimate of drug-likeness (QED) is 0.724. The number of nitrogens with one attached hydrogen (secondary N) is 1. The number of hydrogen-bond donors (Lipinski definition) is 1. The smallest absolute Gasteiger partial charge is 0.272 e. The lowest BCUT2D eigenvalue weighted by atomic mass is 10.1. The van der Waals surface area contributed by atoms with Crippen LogP contribution < -0.4 is 10.2 Å². The minimum Gasteiger partial charge on any atom is -0.354 e. The highest BCUT2D eigenvalue weighted by Crippen LogP contribution is 2.21. The van der Waals surface area contributed by atoms with E-state index in [1.165, 1.54) is 5.56 Å². The maximum absolute atomic E-state index is 12.8. The van der Waals surface area contributed by atoms with Gasteiger partial charge in [0.2, 0.25) is 5.95 Å². The van der Waals surface area contributed by atoms with E-state index in [1.807, 2.05) is 29.2 Å². The molecule has 0 aliphatic carbocycles. The maximum Gasteiger partial charge on any atom is 0.272 e. The fraction of sp³-hybridized carbons (Fsp3) is 0.273. The van der Waals surface area contributed by atoms with Gasteiger partial charge in [-0.05, 0) is 36.2 Å².